The maximum atomic E-state index is 12.0. The minimum absolute atomic E-state index is 0.157. The average molecular weight is 364 g/mol. The van der Waals surface area contributed by atoms with E-state index in [1.165, 1.54) is 12.5 Å². The van der Waals surface area contributed by atoms with Gasteiger partial charge in [0.1, 0.15) is 10.7 Å². The second-order valence-electron chi connectivity index (χ2n) is 5.75. The molecule has 0 radical (unpaired) electrons. The smallest absolute Gasteiger partial charge is 0.228 e. The van der Waals surface area contributed by atoms with E-state index in [9.17, 15) is 8.42 Å². The normalized spacial score (nSPS) is 15.3. The van der Waals surface area contributed by atoms with Crippen molar-refractivity contribution in [2.75, 3.05) is 49.3 Å². The fourth-order valence-electron chi connectivity index (χ4n) is 2.65. The predicted octanol–water partition coefficient (Wildman–Crippen LogP) is 0.314. The molecular formula is C15H20N6O3S. The van der Waals surface area contributed by atoms with Crippen molar-refractivity contribution in [3.63, 3.8) is 0 Å². The largest absolute Gasteiger partial charge is 0.481 e. The molecule has 1 saturated heterocycles. The van der Waals surface area contributed by atoms with E-state index in [1.54, 1.807) is 26.3 Å². The number of methoxy groups -OCH3 is 1. The van der Waals surface area contributed by atoms with Gasteiger partial charge in [0.2, 0.25) is 11.8 Å². The summed E-state index contributed by atoms with van der Waals surface area (Å²) < 4.78 is 29.2. The first kappa shape index (κ1) is 17.3. The lowest BCUT2D eigenvalue weighted by atomic mass is 10.3. The number of rotatable bonds is 4. The molecule has 1 aliphatic rings. The van der Waals surface area contributed by atoms with E-state index in [2.05, 4.69) is 19.9 Å². The van der Waals surface area contributed by atoms with Crippen molar-refractivity contribution in [2.24, 2.45) is 0 Å². The number of hydrogen-bond acceptors (Lipinski definition) is 9. The third-order valence-electron chi connectivity index (χ3n) is 3.94. The van der Waals surface area contributed by atoms with E-state index < -0.39 is 9.84 Å². The van der Waals surface area contributed by atoms with E-state index in [-0.39, 0.29) is 4.90 Å². The standard InChI is InChI=1S/C15H20N6O3S/c1-11-17-10-12(25(3,22)23)14(18-11)20-6-8-21(9-7-20)15-16-5-4-13(19-15)24-2/h4-5,10H,6-9H2,1-3H3. The van der Waals surface area contributed by atoms with Crippen LogP contribution in [0.3, 0.4) is 0 Å². The Bertz CT molecular complexity index is 865. The summed E-state index contributed by atoms with van der Waals surface area (Å²) >= 11 is 0. The van der Waals surface area contributed by atoms with Crippen molar-refractivity contribution in [1.82, 2.24) is 19.9 Å². The first-order chi connectivity index (χ1) is 11.9. The highest BCUT2D eigenvalue weighted by atomic mass is 32.2. The SMILES string of the molecule is COc1ccnc(N2CCN(c3nc(C)ncc3S(C)(=O)=O)CC2)n1. The number of aryl methyl sites for hydroxylation is 1. The summed E-state index contributed by atoms with van der Waals surface area (Å²) in [6.07, 6.45) is 4.21. The van der Waals surface area contributed by atoms with Gasteiger partial charge in [0.05, 0.1) is 13.3 Å². The summed E-state index contributed by atoms with van der Waals surface area (Å²) in [6.45, 7) is 4.27. The lowest BCUT2D eigenvalue weighted by molar-refractivity contribution is 0.396. The molecule has 9 nitrogen and oxygen atoms in total. The second kappa shape index (κ2) is 6.79. The van der Waals surface area contributed by atoms with Crippen LogP contribution in [0.5, 0.6) is 5.88 Å². The molecular weight excluding hydrogens is 344 g/mol. The molecule has 134 valence electrons. The molecule has 0 N–H and O–H groups in total. The molecule has 0 bridgehead atoms. The van der Waals surface area contributed by atoms with Gasteiger partial charge in [0, 0.05) is 44.7 Å². The second-order valence-corrected chi connectivity index (χ2v) is 7.73. The number of nitrogens with zero attached hydrogens (tertiary/aromatic N) is 6. The summed E-state index contributed by atoms with van der Waals surface area (Å²) in [7, 11) is -1.83. The third kappa shape index (κ3) is 3.78. The van der Waals surface area contributed by atoms with Crippen LogP contribution in [0.4, 0.5) is 11.8 Å². The molecule has 0 aliphatic carbocycles. The molecule has 0 aromatic carbocycles. The van der Waals surface area contributed by atoms with Crippen molar-refractivity contribution >= 4 is 21.6 Å². The quantitative estimate of drug-likeness (QED) is 0.758. The predicted molar refractivity (Wildman–Crippen MR) is 92.9 cm³/mol. The van der Waals surface area contributed by atoms with Crippen LogP contribution in [0.15, 0.2) is 23.4 Å². The Balaban J connectivity index is 1.80. The van der Waals surface area contributed by atoms with Crippen LogP contribution in [0, 0.1) is 6.92 Å². The van der Waals surface area contributed by atoms with Gasteiger partial charge in [-0.3, -0.25) is 0 Å². The van der Waals surface area contributed by atoms with Gasteiger partial charge in [-0.2, -0.15) is 4.98 Å². The molecule has 25 heavy (non-hydrogen) atoms. The van der Waals surface area contributed by atoms with Gasteiger partial charge in [-0.05, 0) is 6.92 Å². The Labute approximate surface area is 146 Å². The van der Waals surface area contributed by atoms with Gasteiger partial charge >= 0.3 is 0 Å². The van der Waals surface area contributed by atoms with Gasteiger partial charge in [-0.25, -0.2) is 23.4 Å². The number of sulfone groups is 1. The van der Waals surface area contributed by atoms with E-state index in [4.69, 9.17) is 4.74 Å². The maximum absolute atomic E-state index is 12.0. The van der Waals surface area contributed by atoms with Crippen molar-refractivity contribution in [1.29, 1.82) is 0 Å². The van der Waals surface area contributed by atoms with Crippen LogP contribution in [0.2, 0.25) is 0 Å². The number of aromatic nitrogens is 4. The van der Waals surface area contributed by atoms with E-state index in [0.717, 1.165) is 0 Å². The highest BCUT2D eigenvalue weighted by molar-refractivity contribution is 7.90. The Morgan fingerprint density at radius 2 is 1.76 bits per heavy atom. The van der Waals surface area contributed by atoms with Crippen molar-refractivity contribution in [2.45, 2.75) is 11.8 Å². The molecule has 1 aliphatic heterocycles. The molecule has 3 rings (SSSR count). The summed E-state index contributed by atoms with van der Waals surface area (Å²) in [6, 6.07) is 1.70. The molecule has 0 spiro atoms. The van der Waals surface area contributed by atoms with Gasteiger partial charge in [0.25, 0.3) is 0 Å². The highest BCUT2D eigenvalue weighted by Gasteiger charge is 2.25. The molecule has 10 heteroatoms. The minimum atomic E-state index is -3.40. The van der Waals surface area contributed by atoms with E-state index in [0.29, 0.717) is 49.6 Å². The number of anilines is 2. The summed E-state index contributed by atoms with van der Waals surface area (Å²) in [4.78, 5) is 21.1. The lowest BCUT2D eigenvalue weighted by Gasteiger charge is -2.36. The zero-order valence-electron chi connectivity index (χ0n) is 14.4. The van der Waals surface area contributed by atoms with Crippen molar-refractivity contribution in [3.05, 3.63) is 24.3 Å². The molecule has 3 heterocycles. The van der Waals surface area contributed by atoms with Crippen LogP contribution in [0.1, 0.15) is 5.82 Å². The zero-order valence-corrected chi connectivity index (χ0v) is 15.2. The summed E-state index contributed by atoms with van der Waals surface area (Å²) in [5.74, 6) is 2.11. The van der Waals surface area contributed by atoms with Gasteiger partial charge in [-0.15, -0.1) is 0 Å². The Kier molecular flexibility index (Phi) is 4.71. The average Bonchev–Trinajstić information content (AvgIpc) is 2.61. The molecule has 0 amide bonds. The topological polar surface area (TPSA) is 101 Å². The van der Waals surface area contributed by atoms with Crippen LogP contribution in [-0.2, 0) is 9.84 Å². The van der Waals surface area contributed by atoms with Crippen molar-refractivity contribution in [3.8, 4) is 5.88 Å². The van der Waals surface area contributed by atoms with Crippen LogP contribution < -0.4 is 14.5 Å². The zero-order chi connectivity index (χ0) is 18.0. The molecule has 1 fully saturated rings. The third-order valence-corrected chi connectivity index (χ3v) is 5.03. The molecule has 0 atom stereocenters. The summed E-state index contributed by atoms with van der Waals surface area (Å²) in [5, 5.41) is 0. The number of piperazine rings is 1. The lowest BCUT2D eigenvalue weighted by Crippen LogP contribution is -2.47. The molecule has 0 unspecified atom stereocenters. The molecule has 0 saturated carbocycles. The maximum Gasteiger partial charge on any atom is 0.228 e. The Hall–Kier alpha value is -2.49. The van der Waals surface area contributed by atoms with E-state index in [1.807, 2.05) is 9.80 Å². The Morgan fingerprint density at radius 3 is 2.40 bits per heavy atom. The van der Waals surface area contributed by atoms with Crippen LogP contribution in [0.25, 0.3) is 0 Å². The Morgan fingerprint density at radius 1 is 1.08 bits per heavy atom. The van der Waals surface area contributed by atoms with Crippen LogP contribution >= 0.6 is 0 Å². The first-order valence-electron chi connectivity index (χ1n) is 7.79. The first-order valence-corrected chi connectivity index (χ1v) is 9.68. The minimum Gasteiger partial charge on any atom is -0.481 e. The molecule has 2 aromatic heterocycles. The van der Waals surface area contributed by atoms with Gasteiger partial charge in [0.15, 0.2) is 15.7 Å². The molecule has 2 aromatic rings. The fourth-order valence-corrected chi connectivity index (χ4v) is 3.40. The number of hydrogen-bond donors (Lipinski definition) is 0. The van der Waals surface area contributed by atoms with Gasteiger partial charge in [-0.1, -0.05) is 0 Å². The van der Waals surface area contributed by atoms with Crippen molar-refractivity contribution < 1.29 is 13.2 Å². The number of ether oxygens (including phenoxy) is 1. The fraction of sp³-hybridized carbons (Fsp3) is 0.467. The summed E-state index contributed by atoms with van der Waals surface area (Å²) in [5.41, 5.74) is 0. The highest BCUT2D eigenvalue weighted by Crippen LogP contribution is 2.24. The monoisotopic (exact) mass is 364 g/mol. The van der Waals surface area contributed by atoms with Crippen LogP contribution in [-0.4, -0.2) is 67.9 Å². The van der Waals surface area contributed by atoms with E-state index >= 15 is 0 Å². The van der Waals surface area contributed by atoms with Gasteiger partial charge < -0.3 is 14.5 Å².